The SMILES string of the molecule is O=C(Nc1ccccc1Oc1ccccc1)c1ccc(-c2noc(C(F)(F)F)n2)cc1. The number of hydrogen-bond donors (Lipinski definition) is 1. The predicted molar refractivity (Wildman–Crippen MR) is 106 cm³/mol. The van der Waals surface area contributed by atoms with Crippen molar-refractivity contribution < 1.29 is 27.2 Å². The van der Waals surface area contributed by atoms with Gasteiger partial charge in [-0.2, -0.15) is 18.2 Å². The van der Waals surface area contributed by atoms with E-state index in [9.17, 15) is 18.0 Å². The van der Waals surface area contributed by atoms with Crippen molar-refractivity contribution >= 4 is 11.6 Å². The molecule has 1 N–H and O–H groups in total. The lowest BCUT2D eigenvalue weighted by Crippen LogP contribution is -2.12. The summed E-state index contributed by atoms with van der Waals surface area (Å²) in [6, 6.07) is 21.8. The Kier molecular flexibility index (Phi) is 5.40. The Morgan fingerprint density at radius 1 is 0.903 bits per heavy atom. The predicted octanol–water partition coefficient (Wildman–Crippen LogP) is 5.80. The third kappa shape index (κ3) is 4.72. The van der Waals surface area contributed by atoms with Crippen LogP contribution in [0.2, 0.25) is 0 Å². The van der Waals surface area contributed by atoms with E-state index in [1.807, 2.05) is 18.2 Å². The zero-order chi connectivity index (χ0) is 21.8. The summed E-state index contributed by atoms with van der Waals surface area (Å²) in [5.41, 5.74) is 1.04. The molecule has 3 aromatic carbocycles. The topological polar surface area (TPSA) is 77.2 Å². The molecule has 0 bridgehead atoms. The highest BCUT2D eigenvalue weighted by Gasteiger charge is 2.38. The van der Waals surface area contributed by atoms with Crippen molar-refractivity contribution in [1.29, 1.82) is 0 Å². The molecule has 1 heterocycles. The quantitative estimate of drug-likeness (QED) is 0.437. The van der Waals surface area contributed by atoms with Crippen molar-refractivity contribution in [2.24, 2.45) is 0 Å². The van der Waals surface area contributed by atoms with E-state index in [2.05, 4.69) is 20.0 Å². The van der Waals surface area contributed by atoms with Crippen LogP contribution in [0.1, 0.15) is 16.2 Å². The number of rotatable bonds is 5. The minimum atomic E-state index is -4.72. The molecule has 1 amide bonds. The maximum Gasteiger partial charge on any atom is 0.471 e. The summed E-state index contributed by atoms with van der Waals surface area (Å²) in [7, 11) is 0. The van der Waals surface area contributed by atoms with Crippen LogP contribution >= 0.6 is 0 Å². The Morgan fingerprint density at radius 2 is 1.58 bits per heavy atom. The summed E-state index contributed by atoms with van der Waals surface area (Å²) in [4.78, 5) is 16.0. The molecular formula is C22H14F3N3O3. The summed E-state index contributed by atoms with van der Waals surface area (Å²) in [6.07, 6.45) is -4.72. The maximum absolute atomic E-state index is 12.6. The molecule has 0 aliphatic rings. The Balaban J connectivity index is 1.49. The lowest BCUT2D eigenvalue weighted by atomic mass is 10.1. The second-order valence-corrected chi connectivity index (χ2v) is 6.36. The lowest BCUT2D eigenvalue weighted by Gasteiger charge is -2.12. The van der Waals surface area contributed by atoms with Crippen LogP contribution in [-0.2, 0) is 6.18 Å². The van der Waals surface area contributed by atoms with Gasteiger partial charge in [0, 0.05) is 11.1 Å². The highest BCUT2D eigenvalue weighted by molar-refractivity contribution is 6.05. The van der Waals surface area contributed by atoms with Gasteiger partial charge in [-0.15, -0.1) is 0 Å². The minimum absolute atomic E-state index is 0.221. The van der Waals surface area contributed by atoms with Crippen LogP contribution in [0.5, 0.6) is 11.5 Å². The molecule has 9 heteroatoms. The van der Waals surface area contributed by atoms with Gasteiger partial charge in [-0.1, -0.05) is 47.6 Å². The molecule has 31 heavy (non-hydrogen) atoms. The fourth-order valence-electron chi connectivity index (χ4n) is 2.70. The molecule has 0 radical (unpaired) electrons. The number of carbonyl (C=O) groups is 1. The van der Waals surface area contributed by atoms with Crippen LogP contribution in [0.25, 0.3) is 11.4 Å². The third-order valence-electron chi connectivity index (χ3n) is 4.18. The number of carbonyl (C=O) groups excluding carboxylic acids is 1. The highest BCUT2D eigenvalue weighted by Crippen LogP contribution is 2.31. The van der Waals surface area contributed by atoms with E-state index in [0.29, 0.717) is 17.2 Å². The summed E-state index contributed by atoms with van der Waals surface area (Å²) in [5, 5.41) is 6.09. The Bertz CT molecular complexity index is 1190. The first kappa shape index (κ1) is 20.1. The molecule has 4 rings (SSSR count). The number of para-hydroxylation sites is 3. The van der Waals surface area contributed by atoms with Gasteiger partial charge in [0.25, 0.3) is 5.91 Å². The van der Waals surface area contributed by atoms with Gasteiger partial charge in [0.1, 0.15) is 5.75 Å². The largest absolute Gasteiger partial charge is 0.471 e. The van der Waals surface area contributed by atoms with Crippen molar-refractivity contribution in [1.82, 2.24) is 10.1 Å². The number of amides is 1. The number of ether oxygens (including phenoxy) is 1. The van der Waals surface area contributed by atoms with Gasteiger partial charge in [0.2, 0.25) is 5.82 Å². The lowest BCUT2D eigenvalue weighted by molar-refractivity contribution is -0.159. The van der Waals surface area contributed by atoms with Gasteiger partial charge in [0.05, 0.1) is 5.69 Å². The van der Waals surface area contributed by atoms with E-state index < -0.39 is 18.0 Å². The van der Waals surface area contributed by atoms with Crippen LogP contribution < -0.4 is 10.1 Å². The molecular weight excluding hydrogens is 411 g/mol. The fourth-order valence-corrected chi connectivity index (χ4v) is 2.70. The molecule has 0 aliphatic heterocycles. The number of alkyl halides is 3. The van der Waals surface area contributed by atoms with E-state index >= 15 is 0 Å². The zero-order valence-corrected chi connectivity index (χ0v) is 15.8. The molecule has 156 valence electrons. The first-order valence-corrected chi connectivity index (χ1v) is 9.05. The van der Waals surface area contributed by atoms with Crippen LogP contribution in [0, 0.1) is 0 Å². The van der Waals surface area contributed by atoms with Gasteiger partial charge in [-0.05, 0) is 36.4 Å². The number of benzene rings is 3. The second kappa shape index (κ2) is 8.31. The average Bonchev–Trinajstić information content (AvgIpc) is 3.27. The zero-order valence-electron chi connectivity index (χ0n) is 15.8. The molecule has 0 fully saturated rings. The number of halogens is 3. The molecule has 0 saturated heterocycles. The van der Waals surface area contributed by atoms with E-state index in [0.717, 1.165) is 0 Å². The van der Waals surface area contributed by atoms with Gasteiger partial charge < -0.3 is 14.6 Å². The molecule has 6 nitrogen and oxygen atoms in total. The maximum atomic E-state index is 12.6. The number of aromatic nitrogens is 2. The van der Waals surface area contributed by atoms with Crippen molar-refractivity contribution in [2.45, 2.75) is 6.18 Å². The van der Waals surface area contributed by atoms with Crippen molar-refractivity contribution in [3.8, 4) is 22.9 Å². The number of nitrogens with zero attached hydrogens (tertiary/aromatic N) is 2. The van der Waals surface area contributed by atoms with Gasteiger partial charge >= 0.3 is 12.1 Å². The molecule has 0 aliphatic carbocycles. The smallest absolute Gasteiger partial charge is 0.455 e. The summed E-state index contributed by atoms with van der Waals surface area (Å²) >= 11 is 0. The van der Waals surface area contributed by atoms with E-state index in [4.69, 9.17) is 4.74 Å². The molecule has 4 aromatic rings. The fraction of sp³-hybridized carbons (Fsp3) is 0.0455. The second-order valence-electron chi connectivity index (χ2n) is 6.36. The Hall–Kier alpha value is -4.14. The van der Waals surface area contributed by atoms with E-state index in [1.165, 1.54) is 24.3 Å². The normalized spacial score (nSPS) is 11.2. The number of hydrogen-bond acceptors (Lipinski definition) is 5. The number of anilines is 1. The summed E-state index contributed by atoms with van der Waals surface area (Å²) < 4.78 is 47.9. The first-order chi connectivity index (χ1) is 14.9. The highest BCUT2D eigenvalue weighted by atomic mass is 19.4. The monoisotopic (exact) mass is 425 g/mol. The Morgan fingerprint density at radius 3 is 2.26 bits per heavy atom. The number of nitrogens with one attached hydrogen (secondary N) is 1. The molecule has 0 unspecified atom stereocenters. The standard InChI is InChI=1S/C22H14F3N3O3/c23-22(24,25)21-27-19(28-31-21)14-10-12-15(13-11-14)20(29)26-17-8-4-5-9-18(17)30-16-6-2-1-3-7-16/h1-13H,(H,26,29). The van der Waals surface area contributed by atoms with E-state index in [1.54, 1.807) is 36.4 Å². The average molecular weight is 425 g/mol. The van der Waals surface area contributed by atoms with Crippen molar-refractivity contribution in [3.63, 3.8) is 0 Å². The van der Waals surface area contributed by atoms with Crippen LogP contribution in [0.3, 0.4) is 0 Å². The van der Waals surface area contributed by atoms with Crippen LogP contribution in [0.15, 0.2) is 83.4 Å². The molecule has 0 atom stereocenters. The summed E-state index contributed by atoms with van der Waals surface area (Å²) in [5.74, 6) is -0.989. The van der Waals surface area contributed by atoms with Gasteiger partial charge in [-0.25, -0.2) is 0 Å². The Labute approximate surface area is 174 Å². The van der Waals surface area contributed by atoms with Crippen LogP contribution in [0.4, 0.5) is 18.9 Å². The summed E-state index contributed by atoms with van der Waals surface area (Å²) in [6.45, 7) is 0. The first-order valence-electron chi connectivity index (χ1n) is 9.05. The van der Waals surface area contributed by atoms with Crippen LogP contribution in [-0.4, -0.2) is 16.0 Å². The van der Waals surface area contributed by atoms with Crippen molar-refractivity contribution in [3.05, 3.63) is 90.3 Å². The van der Waals surface area contributed by atoms with Crippen molar-refractivity contribution in [2.75, 3.05) is 5.32 Å². The van der Waals surface area contributed by atoms with E-state index in [-0.39, 0.29) is 17.0 Å². The molecule has 0 spiro atoms. The van der Waals surface area contributed by atoms with Gasteiger partial charge in [-0.3, -0.25) is 4.79 Å². The third-order valence-corrected chi connectivity index (χ3v) is 4.18. The molecule has 0 saturated carbocycles. The molecule has 1 aromatic heterocycles. The minimum Gasteiger partial charge on any atom is -0.455 e. The van der Waals surface area contributed by atoms with Gasteiger partial charge in [0.15, 0.2) is 5.75 Å².